The number of benzene rings is 3. The van der Waals surface area contributed by atoms with Crippen LogP contribution in [0.3, 0.4) is 0 Å². The maximum Gasteiger partial charge on any atom is 0.308 e. The second kappa shape index (κ2) is 26.8. The normalized spacial score (nSPS) is 17.1. The van der Waals surface area contributed by atoms with Gasteiger partial charge in [0.25, 0.3) is 11.8 Å². The Balaban J connectivity index is 0.878. The number of ether oxygens (including phenoxy) is 4. The zero-order chi connectivity index (χ0) is 50.9. The Hall–Kier alpha value is -5.71. The summed E-state index contributed by atoms with van der Waals surface area (Å²) in [5.41, 5.74) is 7.11. The third-order valence-electron chi connectivity index (χ3n) is 13.6. The van der Waals surface area contributed by atoms with Gasteiger partial charge in [-0.15, -0.1) is 0 Å². The molecule has 0 saturated carbocycles. The first kappa shape index (κ1) is 54.1. The van der Waals surface area contributed by atoms with E-state index in [1.54, 1.807) is 17.2 Å². The molecule has 15 heteroatoms. The fraction of sp³-hybridized carbons (Fsp3) is 0.526. The van der Waals surface area contributed by atoms with Crippen LogP contribution in [-0.4, -0.2) is 148 Å². The summed E-state index contributed by atoms with van der Waals surface area (Å²) in [5.74, 6) is -0.547. The number of pyridine rings is 1. The van der Waals surface area contributed by atoms with Crippen molar-refractivity contribution in [1.82, 2.24) is 25.0 Å². The van der Waals surface area contributed by atoms with Crippen molar-refractivity contribution in [2.45, 2.75) is 103 Å². The van der Waals surface area contributed by atoms with Gasteiger partial charge in [0.15, 0.2) is 0 Å². The van der Waals surface area contributed by atoms with Crippen LogP contribution in [0.5, 0.6) is 0 Å². The highest BCUT2D eigenvalue weighted by atomic mass is 16.6. The maximum atomic E-state index is 14.1. The Bertz CT molecular complexity index is 2420. The highest BCUT2D eigenvalue weighted by Crippen LogP contribution is 2.34. The van der Waals surface area contributed by atoms with Gasteiger partial charge in [0.05, 0.1) is 69.5 Å². The van der Waals surface area contributed by atoms with Crippen molar-refractivity contribution in [2.75, 3.05) is 103 Å². The minimum absolute atomic E-state index is 0.0478. The Labute approximate surface area is 426 Å². The third kappa shape index (κ3) is 16.1. The number of carbonyl (C=O) groups is 4. The number of piperidine rings is 1. The van der Waals surface area contributed by atoms with Crippen molar-refractivity contribution in [3.8, 4) is 11.3 Å². The van der Waals surface area contributed by atoms with E-state index in [4.69, 9.17) is 23.9 Å². The van der Waals surface area contributed by atoms with E-state index in [0.717, 1.165) is 94.5 Å². The van der Waals surface area contributed by atoms with E-state index in [2.05, 4.69) is 62.7 Å². The largest absolute Gasteiger partial charge is 0.460 e. The quantitative estimate of drug-likeness (QED) is 0.0518. The number of carbonyl (C=O) groups excluding carboxylic acids is 4. The fourth-order valence-electron chi connectivity index (χ4n) is 9.79. The average molecular weight is 988 g/mol. The topological polar surface area (TPSA) is 155 Å². The number of amides is 3. The van der Waals surface area contributed by atoms with Crippen molar-refractivity contribution in [3.05, 3.63) is 113 Å². The molecule has 4 aromatic rings. The van der Waals surface area contributed by atoms with Gasteiger partial charge >= 0.3 is 5.97 Å². The van der Waals surface area contributed by atoms with Crippen LogP contribution in [0.2, 0.25) is 0 Å². The van der Waals surface area contributed by atoms with Crippen LogP contribution in [0.15, 0.2) is 85.1 Å². The Morgan fingerprint density at radius 3 is 2.28 bits per heavy atom. The third-order valence-corrected chi connectivity index (χ3v) is 13.6. The van der Waals surface area contributed by atoms with Crippen LogP contribution in [0, 0.1) is 0 Å². The van der Waals surface area contributed by atoms with Gasteiger partial charge in [-0.2, -0.15) is 0 Å². The number of aromatic nitrogens is 1. The Kier molecular flexibility index (Phi) is 20.1. The predicted molar refractivity (Wildman–Crippen MR) is 281 cm³/mol. The molecule has 3 amide bonds. The van der Waals surface area contributed by atoms with Crippen LogP contribution in [0.25, 0.3) is 11.3 Å². The van der Waals surface area contributed by atoms with E-state index in [1.807, 2.05) is 70.3 Å². The van der Waals surface area contributed by atoms with Gasteiger partial charge in [-0.25, -0.2) is 0 Å². The van der Waals surface area contributed by atoms with Crippen LogP contribution in [-0.2, 0) is 41.5 Å². The lowest BCUT2D eigenvalue weighted by atomic mass is 9.87. The molecule has 3 aromatic carbocycles. The van der Waals surface area contributed by atoms with Crippen molar-refractivity contribution in [2.24, 2.45) is 0 Å². The highest BCUT2D eigenvalue weighted by molar-refractivity contribution is 6.06. The van der Waals surface area contributed by atoms with E-state index in [-0.39, 0.29) is 48.8 Å². The van der Waals surface area contributed by atoms with Gasteiger partial charge in [-0.05, 0) is 145 Å². The summed E-state index contributed by atoms with van der Waals surface area (Å²) in [6, 6.07) is 25.6. The minimum atomic E-state index is -0.503. The number of anilines is 2. The molecule has 1 aliphatic carbocycles. The van der Waals surface area contributed by atoms with Gasteiger partial charge in [0, 0.05) is 74.9 Å². The number of hydrogen-bond donors (Lipinski definition) is 2. The number of nitrogens with one attached hydrogen (secondary N) is 2. The van der Waals surface area contributed by atoms with Crippen LogP contribution < -0.4 is 15.5 Å². The molecule has 3 aliphatic rings. The van der Waals surface area contributed by atoms with Crippen molar-refractivity contribution in [1.29, 1.82) is 0 Å². The monoisotopic (exact) mass is 988 g/mol. The first-order valence-electron chi connectivity index (χ1n) is 26.1. The second-order valence-electron chi connectivity index (χ2n) is 20.3. The summed E-state index contributed by atoms with van der Waals surface area (Å²) in [4.78, 5) is 66.6. The summed E-state index contributed by atoms with van der Waals surface area (Å²) in [5, 5.41) is 6.50. The number of likely N-dealkylation sites (N-methyl/N-ethyl adjacent to an activating group) is 2. The fourth-order valence-corrected chi connectivity index (χ4v) is 9.79. The number of fused-ring (bicyclic) bond motifs is 1. The van der Waals surface area contributed by atoms with Gasteiger partial charge in [-0.1, -0.05) is 36.4 Å². The molecule has 3 heterocycles. The summed E-state index contributed by atoms with van der Waals surface area (Å²) in [7, 11) is 3.90. The number of rotatable bonds is 24. The lowest BCUT2D eigenvalue weighted by Gasteiger charge is -2.29. The average Bonchev–Trinajstić information content (AvgIpc) is 3.86. The number of esters is 1. The molecule has 388 valence electrons. The summed E-state index contributed by atoms with van der Waals surface area (Å²) < 4.78 is 22.1. The summed E-state index contributed by atoms with van der Waals surface area (Å²) in [6.07, 6.45) is 10.1. The smallest absolute Gasteiger partial charge is 0.308 e. The molecule has 1 aromatic heterocycles. The van der Waals surface area contributed by atoms with Crippen molar-refractivity contribution < 1.29 is 38.1 Å². The van der Waals surface area contributed by atoms with Crippen LogP contribution in [0.1, 0.15) is 116 Å². The Morgan fingerprint density at radius 1 is 0.736 bits per heavy atom. The molecule has 2 fully saturated rings. The van der Waals surface area contributed by atoms with E-state index >= 15 is 0 Å². The van der Waals surface area contributed by atoms with Crippen molar-refractivity contribution >= 4 is 35.1 Å². The number of likely N-dealkylation sites (tertiary alicyclic amines) is 1. The molecule has 2 atom stereocenters. The molecule has 0 radical (unpaired) electrons. The zero-order valence-electron chi connectivity index (χ0n) is 43.3. The SMILES string of the molecule is CN(CCN1CCC[C@H]1C(=O)N(C)CCOCCOCCOCCC(=O)OC(C)(C)C)Cc1cccc(C(=O)Nc2ccc(N3CCCCC3)cc2-c2cc(C(=O)N[C@H]3CCCc4ccccc43)ccn2)c1. The zero-order valence-corrected chi connectivity index (χ0v) is 43.3. The van der Waals surface area contributed by atoms with Crippen LogP contribution >= 0.6 is 0 Å². The lowest BCUT2D eigenvalue weighted by Crippen LogP contribution is -2.46. The molecule has 0 unspecified atom stereocenters. The standard InChI is InChI=1S/C57H77N7O8/c1-57(2,3)72-53(65)24-32-69-34-36-71-37-35-70-33-31-62(5)56(68)52-20-13-28-64(52)30-29-61(4)41-42-14-11-17-44(38-42)54(66)60-50-22-21-46(63-26-9-6-10-27-63)40-48(50)51-39-45(23-25-58-51)55(67)59-49-19-12-16-43-15-7-8-18-47(43)49/h7-8,11,14-15,17-18,21-23,25,38-40,49,52H,6,9-10,12-13,16,19-20,24,26-37,41H2,1-5H3,(H,59,67)(H,60,66)/t49-,52-/m0/s1. The molecular weight excluding hydrogens is 911 g/mol. The minimum Gasteiger partial charge on any atom is -0.460 e. The molecule has 15 nitrogen and oxygen atoms in total. The Morgan fingerprint density at radius 2 is 1.49 bits per heavy atom. The van der Waals surface area contributed by atoms with E-state index in [0.29, 0.717) is 68.6 Å². The maximum absolute atomic E-state index is 14.1. The van der Waals surface area contributed by atoms with Gasteiger partial charge in [-0.3, -0.25) is 29.1 Å². The first-order valence-corrected chi connectivity index (χ1v) is 26.1. The molecular formula is C57H77N7O8. The van der Waals surface area contributed by atoms with E-state index < -0.39 is 5.60 Å². The lowest BCUT2D eigenvalue weighted by molar-refractivity contribution is -0.156. The highest BCUT2D eigenvalue weighted by Gasteiger charge is 2.32. The van der Waals surface area contributed by atoms with Crippen LogP contribution in [0.4, 0.5) is 11.4 Å². The molecule has 2 saturated heterocycles. The number of hydrogen-bond acceptors (Lipinski definition) is 12. The van der Waals surface area contributed by atoms with Gasteiger partial charge < -0.3 is 44.3 Å². The molecule has 72 heavy (non-hydrogen) atoms. The molecule has 2 N–H and O–H groups in total. The molecule has 7 rings (SSSR count). The molecule has 2 aliphatic heterocycles. The first-order chi connectivity index (χ1) is 34.8. The molecule has 0 spiro atoms. The van der Waals surface area contributed by atoms with E-state index in [1.165, 1.54) is 17.5 Å². The predicted octanol–water partition coefficient (Wildman–Crippen LogP) is 7.93. The van der Waals surface area contributed by atoms with Gasteiger partial charge in [0.2, 0.25) is 5.91 Å². The second-order valence-corrected chi connectivity index (χ2v) is 20.3. The number of aryl methyl sites for hydroxylation is 1. The van der Waals surface area contributed by atoms with Crippen molar-refractivity contribution in [3.63, 3.8) is 0 Å². The summed E-state index contributed by atoms with van der Waals surface area (Å²) >= 11 is 0. The molecule has 0 bridgehead atoms. The van der Waals surface area contributed by atoms with E-state index in [9.17, 15) is 19.2 Å². The van der Waals surface area contributed by atoms with Gasteiger partial charge in [0.1, 0.15) is 5.60 Å². The summed E-state index contributed by atoms with van der Waals surface area (Å²) in [6.45, 7) is 13.3. The number of nitrogens with zero attached hydrogens (tertiary/aromatic N) is 5.